The van der Waals surface area contributed by atoms with Crippen LogP contribution in [0.25, 0.3) is 0 Å². The lowest BCUT2D eigenvalue weighted by Gasteiger charge is -2.22. The Morgan fingerprint density at radius 2 is 1.89 bits per heavy atom. The molecule has 0 aliphatic carbocycles. The lowest BCUT2D eigenvalue weighted by atomic mass is 10.1. The van der Waals surface area contributed by atoms with Crippen molar-refractivity contribution in [1.82, 2.24) is 4.90 Å². The minimum Gasteiger partial charge on any atom is -0.296 e. The van der Waals surface area contributed by atoms with E-state index in [4.69, 9.17) is 11.6 Å². The summed E-state index contributed by atoms with van der Waals surface area (Å²) in [5.41, 5.74) is 0.738. The highest BCUT2D eigenvalue weighted by molar-refractivity contribution is 6.30. The molecular weight excluding hydrogens is 246 g/mol. The van der Waals surface area contributed by atoms with E-state index in [1.165, 1.54) is 0 Å². The standard InChI is InChI=1S/C15H22ClNO/c1-4-12(3)10-17(5-2)11-15(18)13-6-8-14(16)9-7-13/h6-9,12H,4-5,10-11H2,1-3H3. The van der Waals surface area contributed by atoms with Crippen molar-refractivity contribution in [2.24, 2.45) is 5.92 Å². The zero-order chi connectivity index (χ0) is 13.5. The van der Waals surface area contributed by atoms with Gasteiger partial charge in [0.15, 0.2) is 5.78 Å². The summed E-state index contributed by atoms with van der Waals surface area (Å²) >= 11 is 5.82. The lowest BCUT2D eigenvalue weighted by molar-refractivity contribution is 0.0924. The molecule has 0 radical (unpaired) electrons. The summed E-state index contributed by atoms with van der Waals surface area (Å²) < 4.78 is 0. The van der Waals surface area contributed by atoms with Gasteiger partial charge in [0.05, 0.1) is 6.54 Å². The molecule has 0 amide bonds. The number of ketones is 1. The number of nitrogens with zero attached hydrogens (tertiary/aromatic N) is 1. The van der Waals surface area contributed by atoms with E-state index in [-0.39, 0.29) is 5.78 Å². The molecule has 0 aliphatic rings. The van der Waals surface area contributed by atoms with Crippen molar-refractivity contribution in [2.75, 3.05) is 19.6 Å². The zero-order valence-corrected chi connectivity index (χ0v) is 12.2. The molecule has 2 nitrogen and oxygen atoms in total. The van der Waals surface area contributed by atoms with Crippen LogP contribution in [-0.4, -0.2) is 30.3 Å². The first kappa shape index (κ1) is 15.2. The van der Waals surface area contributed by atoms with Crippen molar-refractivity contribution in [3.63, 3.8) is 0 Å². The monoisotopic (exact) mass is 267 g/mol. The van der Waals surface area contributed by atoms with E-state index >= 15 is 0 Å². The lowest BCUT2D eigenvalue weighted by Crippen LogP contribution is -2.33. The van der Waals surface area contributed by atoms with Crippen molar-refractivity contribution in [2.45, 2.75) is 27.2 Å². The maximum Gasteiger partial charge on any atom is 0.176 e. The third-order valence-corrected chi connectivity index (χ3v) is 3.50. The number of hydrogen-bond donors (Lipinski definition) is 0. The molecule has 0 fully saturated rings. The van der Waals surface area contributed by atoms with E-state index in [0.717, 1.165) is 25.1 Å². The second kappa shape index (κ2) is 7.55. The Bertz CT molecular complexity index is 375. The normalized spacial score (nSPS) is 12.7. The molecule has 1 aromatic rings. The Labute approximate surface area is 115 Å². The quantitative estimate of drug-likeness (QED) is 0.699. The summed E-state index contributed by atoms with van der Waals surface area (Å²) in [6.45, 7) is 8.87. The van der Waals surface area contributed by atoms with Crippen molar-refractivity contribution >= 4 is 17.4 Å². The van der Waals surface area contributed by atoms with E-state index in [1.807, 2.05) is 0 Å². The van der Waals surface area contributed by atoms with Gasteiger partial charge in [-0.3, -0.25) is 9.69 Å². The summed E-state index contributed by atoms with van der Waals surface area (Å²) in [5, 5.41) is 0.665. The summed E-state index contributed by atoms with van der Waals surface area (Å²) in [5.74, 6) is 0.791. The molecule has 18 heavy (non-hydrogen) atoms. The molecule has 1 atom stereocenters. The Morgan fingerprint density at radius 1 is 1.28 bits per heavy atom. The summed E-state index contributed by atoms with van der Waals surface area (Å²) in [7, 11) is 0. The van der Waals surface area contributed by atoms with E-state index in [2.05, 4.69) is 25.7 Å². The van der Waals surface area contributed by atoms with Gasteiger partial charge in [-0.25, -0.2) is 0 Å². The molecule has 100 valence electrons. The summed E-state index contributed by atoms with van der Waals surface area (Å²) in [6.07, 6.45) is 1.14. The van der Waals surface area contributed by atoms with Gasteiger partial charge in [-0.1, -0.05) is 38.8 Å². The largest absolute Gasteiger partial charge is 0.296 e. The van der Waals surface area contributed by atoms with Crippen LogP contribution in [-0.2, 0) is 0 Å². The van der Waals surface area contributed by atoms with Crippen LogP contribution >= 0.6 is 11.6 Å². The number of carbonyl (C=O) groups excluding carboxylic acids is 1. The molecule has 1 rings (SSSR count). The van der Waals surface area contributed by atoms with Gasteiger partial charge in [-0.2, -0.15) is 0 Å². The Morgan fingerprint density at radius 3 is 2.39 bits per heavy atom. The van der Waals surface area contributed by atoms with Crippen molar-refractivity contribution in [1.29, 1.82) is 0 Å². The SMILES string of the molecule is CCC(C)CN(CC)CC(=O)c1ccc(Cl)cc1. The highest BCUT2D eigenvalue weighted by atomic mass is 35.5. The van der Waals surface area contributed by atoms with E-state index < -0.39 is 0 Å². The number of benzene rings is 1. The summed E-state index contributed by atoms with van der Waals surface area (Å²) in [6, 6.07) is 7.11. The van der Waals surface area contributed by atoms with Gasteiger partial charge in [0.1, 0.15) is 0 Å². The number of carbonyl (C=O) groups is 1. The van der Waals surface area contributed by atoms with E-state index in [1.54, 1.807) is 24.3 Å². The smallest absolute Gasteiger partial charge is 0.176 e. The second-order valence-electron chi connectivity index (χ2n) is 4.77. The zero-order valence-electron chi connectivity index (χ0n) is 11.4. The average molecular weight is 268 g/mol. The molecule has 1 aromatic carbocycles. The maximum absolute atomic E-state index is 12.1. The van der Waals surface area contributed by atoms with Crippen LogP contribution in [0.15, 0.2) is 24.3 Å². The van der Waals surface area contributed by atoms with Gasteiger partial charge in [-0.05, 0) is 36.7 Å². The maximum atomic E-state index is 12.1. The van der Waals surface area contributed by atoms with Crippen LogP contribution in [0, 0.1) is 5.92 Å². The second-order valence-corrected chi connectivity index (χ2v) is 5.21. The van der Waals surface area contributed by atoms with Crippen LogP contribution in [0.3, 0.4) is 0 Å². The minimum atomic E-state index is 0.164. The molecule has 0 heterocycles. The molecule has 1 unspecified atom stereocenters. The molecular formula is C15H22ClNO. The third kappa shape index (κ3) is 4.79. The van der Waals surface area contributed by atoms with E-state index in [9.17, 15) is 4.79 Å². The average Bonchev–Trinajstić information content (AvgIpc) is 2.38. The van der Waals surface area contributed by atoms with Crippen LogP contribution in [0.4, 0.5) is 0 Å². The highest BCUT2D eigenvalue weighted by Crippen LogP contribution is 2.11. The Kier molecular flexibility index (Phi) is 6.37. The summed E-state index contributed by atoms with van der Waals surface area (Å²) in [4.78, 5) is 14.3. The van der Waals surface area contributed by atoms with Crippen LogP contribution in [0.1, 0.15) is 37.6 Å². The number of hydrogen-bond acceptors (Lipinski definition) is 2. The van der Waals surface area contributed by atoms with Gasteiger partial charge >= 0.3 is 0 Å². The minimum absolute atomic E-state index is 0.164. The first-order valence-corrected chi connectivity index (χ1v) is 6.95. The van der Waals surface area contributed by atoms with Crippen LogP contribution < -0.4 is 0 Å². The Hall–Kier alpha value is -0.860. The van der Waals surface area contributed by atoms with E-state index in [0.29, 0.717) is 17.5 Å². The molecule has 0 saturated heterocycles. The van der Waals surface area contributed by atoms with Gasteiger partial charge in [0.2, 0.25) is 0 Å². The molecule has 3 heteroatoms. The van der Waals surface area contributed by atoms with Crippen LogP contribution in [0.2, 0.25) is 5.02 Å². The fraction of sp³-hybridized carbons (Fsp3) is 0.533. The first-order valence-electron chi connectivity index (χ1n) is 6.57. The predicted octanol–water partition coefficient (Wildman–Crippen LogP) is 3.89. The predicted molar refractivity (Wildman–Crippen MR) is 77.4 cm³/mol. The van der Waals surface area contributed by atoms with Gasteiger partial charge in [0.25, 0.3) is 0 Å². The molecule has 0 aliphatic heterocycles. The first-order chi connectivity index (χ1) is 8.56. The fourth-order valence-corrected chi connectivity index (χ4v) is 1.93. The van der Waals surface area contributed by atoms with Crippen molar-refractivity contribution in [3.8, 4) is 0 Å². The molecule has 0 aromatic heterocycles. The number of Topliss-reactive ketones (excluding diaryl/α,β-unsaturated/α-hetero) is 1. The highest BCUT2D eigenvalue weighted by Gasteiger charge is 2.13. The number of likely N-dealkylation sites (N-methyl/N-ethyl adjacent to an activating group) is 1. The van der Waals surface area contributed by atoms with Gasteiger partial charge < -0.3 is 0 Å². The fourth-order valence-electron chi connectivity index (χ4n) is 1.81. The molecule has 0 spiro atoms. The van der Waals surface area contributed by atoms with Gasteiger partial charge in [-0.15, -0.1) is 0 Å². The van der Waals surface area contributed by atoms with Crippen LogP contribution in [0.5, 0.6) is 0 Å². The van der Waals surface area contributed by atoms with Crippen molar-refractivity contribution in [3.05, 3.63) is 34.9 Å². The molecule has 0 N–H and O–H groups in total. The number of halogens is 1. The molecule has 0 bridgehead atoms. The Balaban J connectivity index is 2.59. The van der Waals surface area contributed by atoms with Gasteiger partial charge in [0, 0.05) is 17.1 Å². The number of rotatable bonds is 7. The third-order valence-electron chi connectivity index (χ3n) is 3.25. The topological polar surface area (TPSA) is 20.3 Å². The molecule has 0 saturated carbocycles. The van der Waals surface area contributed by atoms with Crippen molar-refractivity contribution < 1.29 is 4.79 Å².